The third-order valence-corrected chi connectivity index (χ3v) is 4.57. The largest absolute Gasteiger partial charge is 0.634 e. The number of hydrogen-bond donors (Lipinski definition) is 1. The van der Waals surface area contributed by atoms with Crippen molar-refractivity contribution in [1.29, 1.82) is 0 Å². The molecule has 1 rings (SSSR count). The van der Waals surface area contributed by atoms with E-state index in [1.807, 2.05) is 7.05 Å². The van der Waals surface area contributed by atoms with E-state index in [-0.39, 0.29) is 5.54 Å². The minimum atomic E-state index is 0.0863. The molecule has 0 aromatic carbocycles. The van der Waals surface area contributed by atoms with Gasteiger partial charge in [0.1, 0.15) is 0 Å². The highest BCUT2D eigenvalue weighted by Crippen LogP contribution is 2.30. The molecule has 1 N–H and O–H groups in total. The second-order valence-corrected chi connectivity index (χ2v) is 5.91. The van der Waals surface area contributed by atoms with Gasteiger partial charge in [0.25, 0.3) is 0 Å². The number of quaternary nitrogens is 1. The van der Waals surface area contributed by atoms with E-state index in [2.05, 4.69) is 6.92 Å². The Kier molecular flexibility index (Phi) is 7.14. The van der Waals surface area contributed by atoms with Gasteiger partial charge in [-0.15, -0.1) is 0 Å². The first-order valence-electron chi connectivity index (χ1n) is 7.72. The summed E-state index contributed by atoms with van der Waals surface area (Å²) >= 11 is 0. The van der Waals surface area contributed by atoms with Crippen molar-refractivity contribution in [3.63, 3.8) is 0 Å². The third-order valence-electron chi connectivity index (χ3n) is 4.57. The van der Waals surface area contributed by atoms with Gasteiger partial charge in [0.2, 0.25) is 0 Å². The topological polar surface area (TPSA) is 27.5 Å². The van der Waals surface area contributed by atoms with Crippen LogP contribution in [0.25, 0.3) is 0 Å². The number of hydrogen-bond acceptors (Lipinski definition) is 1. The molecule has 0 radical (unpaired) electrons. The van der Waals surface area contributed by atoms with E-state index in [0.717, 1.165) is 19.3 Å². The van der Waals surface area contributed by atoms with Crippen LogP contribution in [0.5, 0.6) is 0 Å². The lowest BCUT2D eigenvalue weighted by Gasteiger charge is -2.44. The Morgan fingerprint density at radius 2 is 1.53 bits per heavy atom. The summed E-state index contributed by atoms with van der Waals surface area (Å²) in [6.07, 6.45) is 15.4. The zero-order valence-corrected chi connectivity index (χ0v) is 11.9. The molecule has 0 aromatic heterocycles. The fourth-order valence-corrected chi connectivity index (χ4v) is 3.25. The van der Waals surface area contributed by atoms with Crippen molar-refractivity contribution in [3.8, 4) is 0 Å². The number of nitrogens with one attached hydrogen (secondary N) is 1. The van der Waals surface area contributed by atoms with Crippen LogP contribution in [0.15, 0.2) is 0 Å². The molecule has 1 atom stereocenters. The highest BCUT2D eigenvalue weighted by Gasteiger charge is 2.35. The monoisotopic (exact) mass is 241 g/mol. The maximum absolute atomic E-state index is 11.9. The van der Waals surface area contributed by atoms with Crippen LogP contribution in [0, 0.1) is 5.21 Å². The average molecular weight is 241 g/mol. The van der Waals surface area contributed by atoms with Crippen LogP contribution in [0.2, 0.25) is 0 Å². The van der Waals surface area contributed by atoms with Gasteiger partial charge in [0, 0.05) is 19.3 Å². The highest BCUT2D eigenvalue weighted by molar-refractivity contribution is 4.82. The van der Waals surface area contributed by atoms with Crippen molar-refractivity contribution in [1.82, 2.24) is 0 Å². The summed E-state index contributed by atoms with van der Waals surface area (Å²) in [5.74, 6) is 0. The highest BCUT2D eigenvalue weighted by atomic mass is 16.5. The molecule has 0 aliphatic heterocycles. The average Bonchev–Trinajstić information content (AvgIpc) is 2.34. The second-order valence-electron chi connectivity index (χ2n) is 5.91. The molecule has 0 spiro atoms. The SMILES string of the molecule is CCCCCCCCC1([NH+](C)[O-])CCCCC1. The predicted octanol–water partition coefficient (Wildman–Crippen LogP) is 3.45. The van der Waals surface area contributed by atoms with Crippen LogP contribution >= 0.6 is 0 Å². The van der Waals surface area contributed by atoms with E-state index < -0.39 is 0 Å². The van der Waals surface area contributed by atoms with Gasteiger partial charge < -0.3 is 10.3 Å². The zero-order valence-electron chi connectivity index (χ0n) is 11.9. The molecule has 0 heterocycles. The van der Waals surface area contributed by atoms with Gasteiger partial charge in [-0.2, -0.15) is 0 Å². The summed E-state index contributed by atoms with van der Waals surface area (Å²) in [5, 5.41) is 12.4. The Balaban J connectivity index is 2.20. The predicted molar refractivity (Wildman–Crippen MR) is 74.1 cm³/mol. The zero-order chi connectivity index (χ0) is 12.6. The maximum Gasteiger partial charge on any atom is 0.0971 e. The van der Waals surface area contributed by atoms with Gasteiger partial charge in [-0.25, -0.2) is 0 Å². The van der Waals surface area contributed by atoms with E-state index in [9.17, 15) is 5.21 Å². The van der Waals surface area contributed by atoms with Gasteiger partial charge in [-0.3, -0.25) is 0 Å². The third kappa shape index (κ3) is 4.97. The Morgan fingerprint density at radius 3 is 2.12 bits per heavy atom. The normalized spacial score (nSPS) is 21.4. The summed E-state index contributed by atoms with van der Waals surface area (Å²) in [5.41, 5.74) is 0.0863. The van der Waals surface area contributed by atoms with E-state index in [0.29, 0.717) is 5.06 Å². The Hall–Kier alpha value is -0.0800. The fraction of sp³-hybridized carbons (Fsp3) is 1.00. The first-order valence-corrected chi connectivity index (χ1v) is 7.72. The molecule has 0 saturated heterocycles. The molecule has 0 amide bonds. The smallest absolute Gasteiger partial charge is 0.0971 e. The Bertz CT molecular complexity index is 185. The van der Waals surface area contributed by atoms with Crippen LogP contribution in [0.3, 0.4) is 0 Å². The first kappa shape index (κ1) is 15.0. The van der Waals surface area contributed by atoms with Crippen molar-refractivity contribution in [2.45, 2.75) is 89.5 Å². The summed E-state index contributed by atoms with van der Waals surface area (Å²) in [4.78, 5) is 0. The molecular weight excluding hydrogens is 210 g/mol. The molecular formula is C15H31NO. The van der Waals surface area contributed by atoms with Crippen molar-refractivity contribution in [2.75, 3.05) is 7.05 Å². The molecule has 2 heteroatoms. The van der Waals surface area contributed by atoms with Gasteiger partial charge >= 0.3 is 0 Å². The Labute approximate surface area is 107 Å². The molecule has 0 aromatic rings. The summed E-state index contributed by atoms with van der Waals surface area (Å²) in [6, 6.07) is 0. The minimum Gasteiger partial charge on any atom is -0.634 e. The summed E-state index contributed by atoms with van der Waals surface area (Å²) in [6.45, 7) is 2.26. The Morgan fingerprint density at radius 1 is 0.941 bits per heavy atom. The van der Waals surface area contributed by atoms with Crippen LogP contribution in [-0.2, 0) is 0 Å². The lowest BCUT2D eigenvalue weighted by Crippen LogP contribution is -3.13. The molecule has 1 aliphatic rings. The maximum atomic E-state index is 11.9. The van der Waals surface area contributed by atoms with Crippen LogP contribution in [-0.4, -0.2) is 12.6 Å². The van der Waals surface area contributed by atoms with Gasteiger partial charge in [0.15, 0.2) is 0 Å². The van der Waals surface area contributed by atoms with Crippen molar-refractivity contribution >= 4 is 0 Å². The van der Waals surface area contributed by atoms with E-state index in [1.165, 1.54) is 57.8 Å². The molecule has 1 unspecified atom stereocenters. The van der Waals surface area contributed by atoms with Crippen molar-refractivity contribution in [2.24, 2.45) is 0 Å². The molecule has 1 aliphatic carbocycles. The van der Waals surface area contributed by atoms with E-state index >= 15 is 0 Å². The first-order chi connectivity index (χ1) is 8.21. The molecule has 102 valence electrons. The van der Waals surface area contributed by atoms with Crippen molar-refractivity contribution in [3.05, 3.63) is 5.21 Å². The molecule has 0 bridgehead atoms. The van der Waals surface area contributed by atoms with Crippen LogP contribution in [0.4, 0.5) is 0 Å². The quantitative estimate of drug-likeness (QED) is 0.511. The van der Waals surface area contributed by atoms with E-state index in [1.54, 1.807) is 0 Å². The fourth-order valence-electron chi connectivity index (χ4n) is 3.25. The molecule has 17 heavy (non-hydrogen) atoms. The summed E-state index contributed by atoms with van der Waals surface area (Å²) < 4.78 is 0. The molecule has 1 saturated carbocycles. The summed E-state index contributed by atoms with van der Waals surface area (Å²) in [7, 11) is 1.82. The van der Waals surface area contributed by atoms with Crippen molar-refractivity contribution < 1.29 is 5.06 Å². The lowest BCUT2D eigenvalue weighted by molar-refractivity contribution is -0.888. The second kappa shape index (κ2) is 8.10. The van der Waals surface area contributed by atoms with Gasteiger partial charge in [-0.1, -0.05) is 45.4 Å². The molecule has 2 nitrogen and oxygen atoms in total. The number of unbranched alkanes of at least 4 members (excludes halogenated alkanes) is 5. The minimum absolute atomic E-state index is 0.0863. The number of hydroxylamine groups is 2. The van der Waals surface area contributed by atoms with Crippen LogP contribution in [0.1, 0.15) is 84.0 Å². The number of rotatable bonds is 8. The van der Waals surface area contributed by atoms with Gasteiger partial charge in [0.05, 0.1) is 12.6 Å². The lowest BCUT2D eigenvalue weighted by atomic mass is 9.78. The standard InChI is InChI=1S/C15H31NO/c1-3-4-5-6-7-9-12-15(16(2)17)13-10-8-11-14-15/h16H,3-14H2,1-2H3. The van der Waals surface area contributed by atoms with Gasteiger partial charge in [-0.05, 0) is 19.3 Å². The van der Waals surface area contributed by atoms with Crippen LogP contribution < -0.4 is 5.06 Å². The van der Waals surface area contributed by atoms with E-state index in [4.69, 9.17) is 0 Å². The molecule has 1 fully saturated rings.